The van der Waals surface area contributed by atoms with Crippen LogP contribution < -0.4 is 5.32 Å². The first-order valence-corrected chi connectivity index (χ1v) is 4.28. The molecule has 0 aromatic heterocycles. The van der Waals surface area contributed by atoms with Crippen molar-refractivity contribution in [1.82, 2.24) is 5.32 Å². The quantitative estimate of drug-likeness (QED) is 0.599. The zero-order chi connectivity index (χ0) is 8.27. The van der Waals surface area contributed by atoms with Gasteiger partial charge in [0.2, 0.25) is 5.91 Å². The lowest BCUT2D eigenvalue weighted by atomic mass is 10.2. The zero-order valence-electron chi connectivity index (χ0n) is 6.22. The SMILES string of the molecule is O=C(CCl)NCC(O)C1CC1. The van der Waals surface area contributed by atoms with E-state index in [4.69, 9.17) is 11.6 Å². The number of hydrogen-bond acceptors (Lipinski definition) is 2. The topological polar surface area (TPSA) is 49.3 Å². The minimum atomic E-state index is -0.373. The first-order valence-electron chi connectivity index (χ1n) is 3.74. The maximum Gasteiger partial charge on any atom is 0.235 e. The molecule has 0 bridgehead atoms. The van der Waals surface area contributed by atoms with Gasteiger partial charge in [0, 0.05) is 6.54 Å². The normalized spacial score (nSPS) is 19.5. The van der Waals surface area contributed by atoms with Crippen molar-refractivity contribution >= 4 is 17.5 Å². The molecule has 3 nitrogen and oxygen atoms in total. The number of carbonyl (C=O) groups is 1. The van der Waals surface area contributed by atoms with Crippen molar-refractivity contribution in [2.45, 2.75) is 18.9 Å². The Kier molecular flexibility index (Phi) is 3.15. The summed E-state index contributed by atoms with van der Waals surface area (Å²) in [6, 6.07) is 0. The summed E-state index contributed by atoms with van der Waals surface area (Å²) in [6.45, 7) is 0.343. The first kappa shape index (κ1) is 8.81. The summed E-state index contributed by atoms with van der Waals surface area (Å²) in [6.07, 6.45) is 1.79. The van der Waals surface area contributed by atoms with Crippen molar-refractivity contribution in [2.75, 3.05) is 12.4 Å². The monoisotopic (exact) mass is 177 g/mol. The number of amides is 1. The van der Waals surface area contributed by atoms with E-state index in [0.29, 0.717) is 12.5 Å². The molecule has 1 fully saturated rings. The Morgan fingerprint density at radius 3 is 2.82 bits per heavy atom. The molecule has 0 aromatic rings. The third-order valence-corrected chi connectivity index (χ3v) is 2.04. The summed E-state index contributed by atoms with van der Waals surface area (Å²) in [5.41, 5.74) is 0. The molecule has 1 saturated carbocycles. The molecule has 11 heavy (non-hydrogen) atoms. The van der Waals surface area contributed by atoms with E-state index in [1.165, 1.54) is 0 Å². The van der Waals surface area contributed by atoms with E-state index in [9.17, 15) is 9.90 Å². The third kappa shape index (κ3) is 3.08. The summed E-state index contributed by atoms with van der Waals surface area (Å²) in [7, 11) is 0. The molecular formula is C7H12ClNO2. The molecule has 1 aliphatic rings. The molecule has 1 unspecified atom stereocenters. The van der Waals surface area contributed by atoms with Crippen LogP contribution in [0.1, 0.15) is 12.8 Å². The highest BCUT2D eigenvalue weighted by molar-refractivity contribution is 6.27. The molecule has 4 heteroatoms. The van der Waals surface area contributed by atoms with Gasteiger partial charge >= 0.3 is 0 Å². The van der Waals surface area contributed by atoms with E-state index < -0.39 is 0 Å². The van der Waals surface area contributed by atoms with Crippen molar-refractivity contribution < 1.29 is 9.90 Å². The minimum Gasteiger partial charge on any atom is -0.391 e. The molecule has 0 heterocycles. The van der Waals surface area contributed by atoms with Gasteiger partial charge in [-0.05, 0) is 18.8 Å². The number of alkyl halides is 1. The van der Waals surface area contributed by atoms with Crippen LogP contribution in [0, 0.1) is 5.92 Å². The molecule has 0 aromatic carbocycles. The van der Waals surface area contributed by atoms with Crippen LogP contribution >= 0.6 is 11.6 Å². The molecule has 0 saturated heterocycles. The summed E-state index contributed by atoms with van der Waals surface area (Å²) in [4.78, 5) is 10.6. The van der Waals surface area contributed by atoms with E-state index >= 15 is 0 Å². The molecule has 0 spiro atoms. The minimum absolute atomic E-state index is 0.0304. The fourth-order valence-electron chi connectivity index (χ4n) is 0.913. The van der Waals surface area contributed by atoms with E-state index in [1.54, 1.807) is 0 Å². The van der Waals surface area contributed by atoms with Crippen molar-refractivity contribution in [3.05, 3.63) is 0 Å². The zero-order valence-corrected chi connectivity index (χ0v) is 6.97. The van der Waals surface area contributed by atoms with Gasteiger partial charge in [-0.2, -0.15) is 0 Å². The van der Waals surface area contributed by atoms with Gasteiger partial charge in [0.05, 0.1) is 6.10 Å². The van der Waals surface area contributed by atoms with Crippen LogP contribution in [-0.4, -0.2) is 29.5 Å². The second kappa shape index (κ2) is 3.93. The number of carbonyl (C=O) groups excluding carboxylic acids is 1. The van der Waals surface area contributed by atoms with Gasteiger partial charge in [0.15, 0.2) is 0 Å². The van der Waals surface area contributed by atoms with Gasteiger partial charge in [-0.1, -0.05) is 0 Å². The van der Waals surface area contributed by atoms with Crippen LogP contribution in [0.15, 0.2) is 0 Å². The van der Waals surface area contributed by atoms with Crippen LogP contribution in [0.2, 0.25) is 0 Å². The second-order valence-electron chi connectivity index (χ2n) is 2.84. The van der Waals surface area contributed by atoms with Crippen molar-refractivity contribution in [2.24, 2.45) is 5.92 Å². The molecule has 1 aliphatic carbocycles. The molecular weight excluding hydrogens is 166 g/mol. The van der Waals surface area contributed by atoms with Crippen molar-refractivity contribution in [1.29, 1.82) is 0 Å². The number of aliphatic hydroxyl groups excluding tert-OH is 1. The fourth-order valence-corrected chi connectivity index (χ4v) is 1.01. The highest BCUT2D eigenvalue weighted by Gasteiger charge is 2.29. The Hall–Kier alpha value is -0.280. The third-order valence-electron chi connectivity index (χ3n) is 1.80. The fraction of sp³-hybridized carbons (Fsp3) is 0.857. The summed E-state index contributed by atoms with van der Waals surface area (Å²) in [5, 5.41) is 11.8. The standard InChI is InChI=1S/C7H12ClNO2/c8-3-7(11)9-4-6(10)5-1-2-5/h5-6,10H,1-4H2,(H,9,11). The van der Waals surface area contributed by atoms with Crippen molar-refractivity contribution in [3.63, 3.8) is 0 Å². The maximum absolute atomic E-state index is 10.6. The highest BCUT2D eigenvalue weighted by atomic mass is 35.5. The van der Waals surface area contributed by atoms with Gasteiger partial charge in [0.1, 0.15) is 5.88 Å². The Bertz CT molecular complexity index is 147. The smallest absolute Gasteiger partial charge is 0.235 e. The Labute approximate surface area is 70.7 Å². The average Bonchev–Trinajstić information content (AvgIpc) is 2.81. The summed E-state index contributed by atoms with van der Waals surface area (Å²) in [5.74, 6) is 0.161. The predicted molar refractivity (Wildman–Crippen MR) is 42.5 cm³/mol. The lowest BCUT2D eigenvalue weighted by Gasteiger charge is -2.08. The molecule has 64 valence electrons. The summed E-state index contributed by atoms with van der Waals surface area (Å²) >= 11 is 5.24. The predicted octanol–water partition coefficient (Wildman–Crippen LogP) is 0.112. The number of rotatable bonds is 4. The van der Waals surface area contributed by atoms with Gasteiger partial charge in [-0.3, -0.25) is 4.79 Å². The van der Waals surface area contributed by atoms with E-state index in [1.807, 2.05) is 0 Å². The first-order chi connectivity index (χ1) is 5.24. The Morgan fingerprint density at radius 1 is 1.73 bits per heavy atom. The molecule has 1 rings (SSSR count). The number of aliphatic hydroxyl groups is 1. The second-order valence-corrected chi connectivity index (χ2v) is 3.11. The lowest BCUT2D eigenvalue weighted by Crippen LogP contribution is -2.33. The van der Waals surface area contributed by atoms with Gasteiger partial charge in [-0.25, -0.2) is 0 Å². The number of hydrogen-bond donors (Lipinski definition) is 2. The van der Waals surface area contributed by atoms with E-state index in [-0.39, 0.29) is 17.9 Å². The van der Waals surface area contributed by atoms with Gasteiger partial charge in [0.25, 0.3) is 0 Å². The molecule has 2 N–H and O–H groups in total. The van der Waals surface area contributed by atoms with Gasteiger partial charge in [-0.15, -0.1) is 11.6 Å². The molecule has 0 radical (unpaired) electrons. The Morgan fingerprint density at radius 2 is 2.36 bits per heavy atom. The lowest BCUT2D eigenvalue weighted by molar-refractivity contribution is -0.119. The maximum atomic E-state index is 10.6. The van der Waals surface area contributed by atoms with Crippen LogP contribution in [-0.2, 0) is 4.79 Å². The van der Waals surface area contributed by atoms with Crippen LogP contribution in [0.25, 0.3) is 0 Å². The molecule has 0 aliphatic heterocycles. The average molecular weight is 178 g/mol. The van der Waals surface area contributed by atoms with Crippen LogP contribution in [0.3, 0.4) is 0 Å². The highest BCUT2D eigenvalue weighted by Crippen LogP contribution is 2.32. The van der Waals surface area contributed by atoms with Gasteiger partial charge < -0.3 is 10.4 Å². The molecule has 1 atom stereocenters. The molecule has 1 amide bonds. The van der Waals surface area contributed by atoms with E-state index in [0.717, 1.165) is 12.8 Å². The summed E-state index contributed by atoms with van der Waals surface area (Å²) < 4.78 is 0. The number of nitrogens with one attached hydrogen (secondary N) is 1. The Balaban J connectivity index is 2.05. The van der Waals surface area contributed by atoms with E-state index in [2.05, 4.69) is 5.32 Å². The largest absolute Gasteiger partial charge is 0.391 e. The number of halogens is 1. The van der Waals surface area contributed by atoms with Crippen LogP contribution in [0.4, 0.5) is 0 Å². The van der Waals surface area contributed by atoms with Crippen LogP contribution in [0.5, 0.6) is 0 Å². The van der Waals surface area contributed by atoms with Crippen molar-refractivity contribution in [3.8, 4) is 0 Å².